The number of carbonyl (C=O) groups is 1. The van der Waals surface area contributed by atoms with Crippen molar-refractivity contribution in [2.24, 2.45) is 4.99 Å². The first-order chi connectivity index (χ1) is 8.06. The Morgan fingerprint density at radius 2 is 2.18 bits per heavy atom. The molecule has 1 atom stereocenters. The van der Waals surface area contributed by atoms with E-state index in [2.05, 4.69) is 4.99 Å². The number of halogens is 2. The second kappa shape index (κ2) is 4.24. The Balaban J connectivity index is 2.74. The van der Waals surface area contributed by atoms with Crippen molar-refractivity contribution in [1.29, 1.82) is 0 Å². The molecule has 1 aromatic carbocycles. The first-order valence-corrected chi connectivity index (χ1v) is 5.29. The molecule has 0 saturated carbocycles. The zero-order valence-electron chi connectivity index (χ0n) is 9.46. The van der Waals surface area contributed by atoms with E-state index in [1.54, 1.807) is 13.8 Å². The number of ether oxygens (including phenoxy) is 1. The molecule has 5 heteroatoms. The topological polar surface area (TPSA) is 38.7 Å². The molecule has 0 N–H and O–H groups in total. The average molecular weight is 239 g/mol. The molecular weight excluding hydrogens is 228 g/mol. The molecule has 0 aromatic heterocycles. The predicted octanol–water partition coefficient (Wildman–Crippen LogP) is 0.700. The van der Waals surface area contributed by atoms with Gasteiger partial charge >= 0.3 is 5.97 Å². The van der Waals surface area contributed by atoms with E-state index in [1.165, 1.54) is 6.07 Å². The lowest BCUT2D eigenvalue weighted by molar-refractivity contribution is -0.136. The Labute approximate surface area is 96.4 Å². The Kier molecular flexibility index (Phi) is 2.92. The molecule has 3 nitrogen and oxygen atoms in total. The number of fused-ring (bicyclic) bond motifs is 1. The summed E-state index contributed by atoms with van der Waals surface area (Å²) >= 11 is 0. The molecule has 0 amide bonds. The van der Waals surface area contributed by atoms with Gasteiger partial charge < -0.3 is 4.74 Å². The highest BCUT2D eigenvalue weighted by atomic mass is 19.2. The molecule has 0 bridgehead atoms. The number of hydrogen-bond acceptors (Lipinski definition) is 3. The van der Waals surface area contributed by atoms with Gasteiger partial charge in [-0.3, -0.25) is 4.99 Å². The molecule has 1 aliphatic heterocycles. The van der Waals surface area contributed by atoms with Gasteiger partial charge in [-0.25, -0.2) is 13.6 Å². The van der Waals surface area contributed by atoms with E-state index in [0.29, 0.717) is 5.36 Å². The minimum atomic E-state index is -1.04. The van der Waals surface area contributed by atoms with Crippen LogP contribution in [-0.2, 0) is 9.53 Å². The lowest BCUT2D eigenvalue weighted by Gasteiger charge is -2.06. The fourth-order valence-corrected chi connectivity index (χ4v) is 1.87. The number of nitrogens with zero attached hydrogens (tertiary/aromatic N) is 1. The maximum Gasteiger partial charge on any atom is 0.336 e. The van der Waals surface area contributed by atoms with Crippen molar-refractivity contribution in [3.05, 3.63) is 34.3 Å². The van der Waals surface area contributed by atoms with Crippen LogP contribution in [0.25, 0.3) is 5.57 Å². The zero-order chi connectivity index (χ0) is 12.6. The van der Waals surface area contributed by atoms with Crippen LogP contribution in [0.15, 0.2) is 17.1 Å². The predicted molar refractivity (Wildman–Crippen MR) is 56.6 cm³/mol. The highest BCUT2D eigenvalue weighted by Gasteiger charge is 2.26. The van der Waals surface area contributed by atoms with Crippen LogP contribution in [0.3, 0.4) is 0 Å². The fourth-order valence-electron chi connectivity index (χ4n) is 1.87. The van der Waals surface area contributed by atoms with Gasteiger partial charge in [-0.2, -0.15) is 0 Å². The van der Waals surface area contributed by atoms with E-state index >= 15 is 0 Å². The Bertz CT molecular complexity index is 595. The van der Waals surface area contributed by atoms with Crippen molar-refractivity contribution in [3.63, 3.8) is 0 Å². The van der Waals surface area contributed by atoms with E-state index in [9.17, 15) is 13.6 Å². The van der Waals surface area contributed by atoms with E-state index < -0.39 is 23.6 Å². The van der Waals surface area contributed by atoms with Crippen molar-refractivity contribution < 1.29 is 18.3 Å². The standard InChI is InChI=1S/C12H11F2NO2/c1-3-17-12(16)9-6(2)15-8-5-4-7(13)11(14)10(8)9/h4-6H,3H2,1-2H3/t6-/m0/s1. The maximum absolute atomic E-state index is 13.7. The van der Waals surface area contributed by atoms with Gasteiger partial charge in [0.25, 0.3) is 0 Å². The minimum absolute atomic E-state index is 0.0732. The van der Waals surface area contributed by atoms with Gasteiger partial charge in [0.15, 0.2) is 11.6 Å². The summed E-state index contributed by atoms with van der Waals surface area (Å²) in [6, 6.07) is 1.84. The highest BCUT2D eigenvalue weighted by Crippen LogP contribution is 2.12. The first kappa shape index (κ1) is 11.7. The molecule has 17 heavy (non-hydrogen) atoms. The molecule has 0 radical (unpaired) electrons. The molecule has 0 fully saturated rings. The quantitative estimate of drug-likeness (QED) is 0.713. The lowest BCUT2D eigenvalue weighted by atomic mass is 10.1. The number of hydrogen-bond donors (Lipinski definition) is 0. The van der Waals surface area contributed by atoms with Gasteiger partial charge in [0.2, 0.25) is 0 Å². The summed E-state index contributed by atoms with van der Waals surface area (Å²) in [5.41, 5.74) is 0.0823. The summed E-state index contributed by atoms with van der Waals surface area (Å²) in [6.45, 7) is 3.48. The molecule has 90 valence electrons. The summed E-state index contributed by atoms with van der Waals surface area (Å²) in [5.74, 6) is -2.68. The van der Waals surface area contributed by atoms with Crippen molar-refractivity contribution in [1.82, 2.24) is 0 Å². The van der Waals surface area contributed by atoms with Gasteiger partial charge in [0.1, 0.15) is 0 Å². The second-order valence-electron chi connectivity index (χ2n) is 3.69. The number of benzene rings is 1. The molecule has 0 saturated heterocycles. The third-order valence-electron chi connectivity index (χ3n) is 2.59. The van der Waals surface area contributed by atoms with Crippen LogP contribution in [0.1, 0.15) is 13.8 Å². The second-order valence-corrected chi connectivity index (χ2v) is 3.69. The van der Waals surface area contributed by atoms with E-state index in [1.807, 2.05) is 0 Å². The average Bonchev–Trinajstić information content (AvgIpc) is 2.61. The summed E-state index contributed by atoms with van der Waals surface area (Å²) in [6.07, 6.45) is 0. The maximum atomic E-state index is 13.7. The van der Waals surface area contributed by atoms with Crippen molar-refractivity contribution in [2.45, 2.75) is 19.9 Å². The highest BCUT2D eigenvalue weighted by molar-refractivity contribution is 6.11. The van der Waals surface area contributed by atoms with Crippen molar-refractivity contribution in [2.75, 3.05) is 6.61 Å². The molecule has 0 aliphatic carbocycles. The van der Waals surface area contributed by atoms with Crippen molar-refractivity contribution in [3.8, 4) is 0 Å². The fraction of sp³-hybridized carbons (Fsp3) is 0.333. The van der Waals surface area contributed by atoms with Gasteiger partial charge in [-0.05, 0) is 26.0 Å². The van der Waals surface area contributed by atoms with Crippen LogP contribution in [0, 0.1) is 11.6 Å². The largest absolute Gasteiger partial charge is 0.463 e. The van der Waals surface area contributed by atoms with Crippen LogP contribution in [-0.4, -0.2) is 18.6 Å². The first-order valence-electron chi connectivity index (χ1n) is 5.29. The third kappa shape index (κ3) is 1.81. The molecule has 0 spiro atoms. The van der Waals surface area contributed by atoms with Crippen LogP contribution in [0.4, 0.5) is 8.78 Å². The SMILES string of the molecule is CCOC(=O)C1=c2c(F)c(F)ccc2=N[C@H]1C. The Hall–Kier alpha value is -1.78. The lowest BCUT2D eigenvalue weighted by Crippen LogP contribution is -2.31. The number of rotatable bonds is 2. The van der Waals surface area contributed by atoms with Gasteiger partial charge in [0, 0.05) is 0 Å². The molecule has 1 aliphatic rings. The van der Waals surface area contributed by atoms with Gasteiger partial charge in [0.05, 0.1) is 28.8 Å². The smallest absolute Gasteiger partial charge is 0.336 e. The normalized spacial score (nSPS) is 17.6. The summed E-state index contributed by atoms with van der Waals surface area (Å²) in [4.78, 5) is 15.8. The minimum Gasteiger partial charge on any atom is -0.463 e. The van der Waals surface area contributed by atoms with Crippen LogP contribution in [0.2, 0.25) is 0 Å². The number of carbonyl (C=O) groups excluding carboxylic acids is 1. The van der Waals surface area contributed by atoms with Crippen LogP contribution >= 0.6 is 0 Å². The Morgan fingerprint density at radius 3 is 2.82 bits per heavy atom. The summed E-state index contributed by atoms with van der Waals surface area (Å²) in [5, 5.41) is 0.218. The molecular formula is C12H11F2NO2. The summed E-state index contributed by atoms with van der Waals surface area (Å²) < 4.78 is 31.6. The molecule has 2 rings (SSSR count). The zero-order valence-corrected chi connectivity index (χ0v) is 9.46. The van der Waals surface area contributed by atoms with Crippen LogP contribution < -0.4 is 10.6 Å². The van der Waals surface area contributed by atoms with Gasteiger partial charge in [-0.15, -0.1) is 0 Å². The van der Waals surface area contributed by atoms with Gasteiger partial charge in [-0.1, -0.05) is 0 Å². The van der Waals surface area contributed by atoms with E-state index in [-0.39, 0.29) is 17.4 Å². The molecule has 1 aromatic rings. The van der Waals surface area contributed by atoms with E-state index in [4.69, 9.17) is 4.74 Å². The van der Waals surface area contributed by atoms with E-state index in [0.717, 1.165) is 6.07 Å². The summed E-state index contributed by atoms with van der Waals surface area (Å²) in [7, 11) is 0. The molecule has 1 heterocycles. The monoisotopic (exact) mass is 239 g/mol. The number of esters is 1. The Morgan fingerprint density at radius 1 is 1.47 bits per heavy atom. The third-order valence-corrected chi connectivity index (χ3v) is 2.59. The molecule has 0 unspecified atom stereocenters. The van der Waals surface area contributed by atoms with Crippen molar-refractivity contribution >= 4 is 11.5 Å². The van der Waals surface area contributed by atoms with Crippen LogP contribution in [0.5, 0.6) is 0 Å².